The molecule has 0 amide bonds. The van der Waals surface area contributed by atoms with Crippen LogP contribution in [0.25, 0.3) is 0 Å². The summed E-state index contributed by atoms with van der Waals surface area (Å²) in [4.78, 5) is 11.8. The largest absolute Gasteiger partial charge is 0.481 e. The van der Waals surface area contributed by atoms with Crippen LogP contribution in [0.2, 0.25) is 0 Å². The minimum Gasteiger partial charge on any atom is -0.481 e. The van der Waals surface area contributed by atoms with E-state index in [0.717, 1.165) is 25.7 Å². The highest BCUT2D eigenvalue weighted by Gasteiger charge is 2.53. The second-order valence-electron chi connectivity index (χ2n) is 7.27. The maximum atomic E-state index is 13.3. The molecule has 4 heteroatoms. The van der Waals surface area contributed by atoms with Crippen LogP contribution in [0.15, 0.2) is 0 Å². The van der Waals surface area contributed by atoms with Crippen molar-refractivity contribution < 1.29 is 18.7 Å². The Morgan fingerprint density at radius 2 is 1.68 bits per heavy atom. The SMILES string of the molecule is CC1(C)CCCC(C2(C(=O)O)CCC(F)(F)CC2)C1. The minimum absolute atomic E-state index is 0.0600. The Morgan fingerprint density at radius 1 is 1.11 bits per heavy atom. The molecule has 1 atom stereocenters. The smallest absolute Gasteiger partial charge is 0.309 e. The summed E-state index contributed by atoms with van der Waals surface area (Å²) < 4.78 is 26.7. The Labute approximate surface area is 113 Å². The van der Waals surface area contributed by atoms with Gasteiger partial charge in [-0.1, -0.05) is 20.3 Å². The zero-order valence-electron chi connectivity index (χ0n) is 11.8. The Kier molecular flexibility index (Phi) is 3.65. The highest BCUT2D eigenvalue weighted by Crippen LogP contribution is 2.54. The number of halogens is 2. The Balaban J connectivity index is 2.19. The molecule has 1 unspecified atom stereocenters. The molecule has 19 heavy (non-hydrogen) atoms. The molecule has 2 fully saturated rings. The third-order valence-electron chi connectivity index (χ3n) is 5.29. The van der Waals surface area contributed by atoms with E-state index in [9.17, 15) is 18.7 Å². The molecule has 0 aromatic heterocycles. The predicted octanol–water partition coefficient (Wildman–Crippen LogP) is 4.48. The van der Waals surface area contributed by atoms with Crippen molar-refractivity contribution >= 4 is 5.97 Å². The van der Waals surface area contributed by atoms with Gasteiger partial charge in [0.25, 0.3) is 0 Å². The van der Waals surface area contributed by atoms with Crippen molar-refractivity contribution in [2.24, 2.45) is 16.7 Å². The van der Waals surface area contributed by atoms with Gasteiger partial charge < -0.3 is 5.11 Å². The molecule has 0 aromatic carbocycles. The topological polar surface area (TPSA) is 37.3 Å². The van der Waals surface area contributed by atoms with Crippen LogP contribution < -0.4 is 0 Å². The number of carboxylic acids is 1. The number of carboxylic acid groups (broad SMARTS) is 1. The molecule has 2 nitrogen and oxygen atoms in total. The lowest BCUT2D eigenvalue weighted by molar-refractivity contribution is -0.165. The molecule has 0 spiro atoms. The quantitative estimate of drug-likeness (QED) is 0.806. The molecule has 2 rings (SSSR count). The number of alkyl halides is 2. The van der Waals surface area contributed by atoms with Gasteiger partial charge in [-0.05, 0) is 43.4 Å². The van der Waals surface area contributed by atoms with E-state index in [-0.39, 0.29) is 37.0 Å². The first kappa shape index (κ1) is 14.7. The molecule has 110 valence electrons. The zero-order valence-corrected chi connectivity index (χ0v) is 11.8. The lowest BCUT2D eigenvalue weighted by Crippen LogP contribution is -2.46. The van der Waals surface area contributed by atoms with E-state index in [4.69, 9.17) is 0 Å². The first-order chi connectivity index (χ1) is 8.67. The molecule has 2 saturated carbocycles. The van der Waals surface area contributed by atoms with Crippen LogP contribution in [0.3, 0.4) is 0 Å². The molecule has 2 aliphatic rings. The van der Waals surface area contributed by atoms with Crippen molar-refractivity contribution in [2.75, 3.05) is 0 Å². The lowest BCUT2D eigenvalue weighted by Gasteiger charge is -2.47. The highest BCUT2D eigenvalue weighted by atomic mass is 19.3. The van der Waals surface area contributed by atoms with Crippen LogP contribution in [0.1, 0.15) is 65.2 Å². The van der Waals surface area contributed by atoms with E-state index in [0.29, 0.717) is 0 Å². The van der Waals surface area contributed by atoms with Crippen molar-refractivity contribution in [3.8, 4) is 0 Å². The summed E-state index contributed by atoms with van der Waals surface area (Å²) >= 11 is 0. The van der Waals surface area contributed by atoms with Crippen LogP contribution >= 0.6 is 0 Å². The average Bonchev–Trinajstić information content (AvgIpc) is 2.27. The van der Waals surface area contributed by atoms with Gasteiger partial charge in [0.1, 0.15) is 0 Å². The fraction of sp³-hybridized carbons (Fsp3) is 0.933. The summed E-state index contributed by atoms with van der Waals surface area (Å²) in [5.41, 5.74) is -0.759. The minimum atomic E-state index is -2.66. The Hall–Kier alpha value is -0.670. The summed E-state index contributed by atoms with van der Waals surface area (Å²) in [6.45, 7) is 4.32. The molecule has 2 aliphatic carbocycles. The van der Waals surface area contributed by atoms with Crippen LogP contribution in [0.4, 0.5) is 8.78 Å². The number of rotatable bonds is 2. The summed E-state index contributed by atoms with van der Waals surface area (Å²) in [6.07, 6.45) is 3.59. The van der Waals surface area contributed by atoms with Crippen LogP contribution in [0.5, 0.6) is 0 Å². The first-order valence-electron chi connectivity index (χ1n) is 7.28. The van der Waals surface area contributed by atoms with Gasteiger partial charge in [0.05, 0.1) is 5.41 Å². The first-order valence-corrected chi connectivity index (χ1v) is 7.28. The molecule has 0 radical (unpaired) electrons. The van der Waals surface area contributed by atoms with Gasteiger partial charge in [0.2, 0.25) is 5.92 Å². The van der Waals surface area contributed by atoms with E-state index in [1.165, 1.54) is 0 Å². The van der Waals surface area contributed by atoms with E-state index >= 15 is 0 Å². The van der Waals surface area contributed by atoms with E-state index in [1.54, 1.807) is 0 Å². The maximum absolute atomic E-state index is 13.3. The Bertz CT molecular complexity index is 353. The van der Waals surface area contributed by atoms with Gasteiger partial charge in [-0.2, -0.15) is 0 Å². The maximum Gasteiger partial charge on any atom is 0.309 e. The zero-order chi connectivity index (χ0) is 14.3. The lowest BCUT2D eigenvalue weighted by atomic mass is 9.57. The molecule has 0 bridgehead atoms. The summed E-state index contributed by atoms with van der Waals surface area (Å²) in [6, 6.07) is 0. The number of hydrogen-bond acceptors (Lipinski definition) is 1. The number of hydrogen-bond donors (Lipinski definition) is 1. The van der Waals surface area contributed by atoms with Gasteiger partial charge >= 0.3 is 5.97 Å². The van der Waals surface area contributed by atoms with Crippen molar-refractivity contribution in [1.82, 2.24) is 0 Å². The molecular formula is C15H24F2O2. The van der Waals surface area contributed by atoms with E-state index in [2.05, 4.69) is 13.8 Å². The van der Waals surface area contributed by atoms with Crippen molar-refractivity contribution in [2.45, 2.75) is 71.1 Å². The van der Waals surface area contributed by atoms with Gasteiger partial charge in [-0.15, -0.1) is 0 Å². The predicted molar refractivity (Wildman–Crippen MR) is 69.2 cm³/mol. The Morgan fingerprint density at radius 3 is 2.16 bits per heavy atom. The van der Waals surface area contributed by atoms with Crippen molar-refractivity contribution in [1.29, 1.82) is 0 Å². The standard InChI is InChI=1S/C15H24F2O2/c1-13(2)5-3-4-11(10-13)14(12(18)19)6-8-15(16,17)9-7-14/h11H,3-10H2,1-2H3,(H,18,19). The van der Waals surface area contributed by atoms with Crippen LogP contribution in [0, 0.1) is 16.7 Å². The normalized spacial score (nSPS) is 32.7. The average molecular weight is 274 g/mol. The second-order valence-corrected chi connectivity index (χ2v) is 7.27. The highest BCUT2D eigenvalue weighted by molar-refractivity contribution is 5.75. The number of carbonyl (C=O) groups is 1. The fourth-order valence-corrected chi connectivity index (χ4v) is 4.03. The molecule has 0 aromatic rings. The van der Waals surface area contributed by atoms with E-state index in [1.807, 2.05) is 0 Å². The van der Waals surface area contributed by atoms with Crippen molar-refractivity contribution in [3.05, 3.63) is 0 Å². The second kappa shape index (κ2) is 4.71. The van der Waals surface area contributed by atoms with Crippen LogP contribution in [-0.4, -0.2) is 17.0 Å². The molecule has 1 N–H and O–H groups in total. The molecule has 0 saturated heterocycles. The molecule has 0 aliphatic heterocycles. The van der Waals surface area contributed by atoms with Crippen molar-refractivity contribution in [3.63, 3.8) is 0 Å². The molecular weight excluding hydrogens is 250 g/mol. The van der Waals surface area contributed by atoms with Gasteiger partial charge in [-0.25, -0.2) is 8.78 Å². The van der Waals surface area contributed by atoms with Gasteiger partial charge in [0.15, 0.2) is 0 Å². The van der Waals surface area contributed by atoms with E-state index < -0.39 is 17.3 Å². The monoisotopic (exact) mass is 274 g/mol. The fourth-order valence-electron chi connectivity index (χ4n) is 4.03. The summed E-state index contributed by atoms with van der Waals surface area (Å²) in [5.74, 6) is -3.46. The van der Waals surface area contributed by atoms with Crippen LogP contribution in [-0.2, 0) is 4.79 Å². The van der Waals surface area contributed by atoms with Gasteiger partial charge in [-0.3, -0.25) is 4.79 Å². The summed E-state index contributed by atoms with van der Waals surface area (Å²) in [7, 11) is 0. The number of aliphatic carboxylic acids is 1. The third kappa shape index (κ3) is 2.92. The van der Waals surface area contributed by atoms with Gasteiger partial charge in [0, 0.05) is 12.8 Å². The molecule has 0 heterocycles. The third-order valence-corrected chi connectivity index (χ3v) is 5.29. The summed E-state index contributed by atoms with van der Waals surface area (Å²) in [5, 5.41) is 9.64.